The maximum atomic E-state index is 11.9. The number of rotatable bonds is 3. The molecule has 0 atom stereocenters. The molecule has 3 aromatic rings. The third-order valence-electron chi connectivity index (χ3n) is 2.68. The largest absolute Gasteiger partial charge is 0.345 e. The number of nitrogens with zero attached hydrogens (tertiary/aromatic N) is 3. The van der Waals surface area contributed by atoms with E-state index >= 15 is 0 Å². The van der Waals surface area contributed by atoms with Crippen LogP contribution in [0.2, 0.25) is 5.28 Å². The molecule has 0 saturated heterocycles. The van der Waals surface area contributed by atoms with E-state index in [9.17, 15) is 4.79 Å². The molecule has 1 aromatic carbocycles. The monoisotopic (exact) mass is 275 g/mol. The van der Waals surface area contributed by atoms with Crippen LogP contribution in [0.1, 0.15) is 0 Å². The number of benzene rings is 1. The maximum Gasteiger partial charge on any atom is 0.244 e. The molecule has 7 heteroatoms. The molecule has 0 spiro atoms. The van der Waals surface area contributed by atoms with Crippen LogP contribution in [0, 0.1) is 0 Å². The number of carbonyl (C=O) groups excluding carboxylic acids is 1. The molecule has 0 unspecified atom stereocenters. The standard InChI is InChI=1S/C12H10ClN5O/c13-12-14-3-4-18(12)6-11(19)17-8-1-2-9-10(5-8)16-7-15-9/h1-5,7H,6H2,(H,15,16)(H,17,19). The minimum Gasteiger partial charge on any atom is -0.345 e. The summed E-state index contributed by atoms with van der Waals surface area (Å²) >= 11 is 5.81. The fourth-order valence-electron chi connectivity index (χ4n) is 1.80. The zero-order valence-corrected chi connectivity index (χ0v) is 10.6. The number of hydrogen-bond donors (Lipinski definition) is 2. The van der Waals surface area contributed by atoms with Gasteiger partial charge in [0, 0.05) is 18.1 Å². The van der Waals surface area contributed by atoms with E-state index in [0.29, 0.717) is 11.0 Å². The van der Waals surface area contributed by atoms with Gasteiger partial charge < -0.3 is 14.9 Å². The average molecular weight is 276 g/mol. The maximum absolute atomic E-state index is 11.9. The Hall–Kier alpha value is -2.34. The summed E-state index contributed by atoms with van der Waals surface area (Å²) in [6, 6.07) is 5.47. The summed E-state index contributed by atoms with van der Waals surface area (Å²) < 4.78 is 1.56. The molecule has 6 nitrogen and oxygen atoms in total. The second-order valence-corrected chi connectivity index (χ2v) is 4.34. The summed E-state index contributed by atoms with van der Waals surface area (Å²) in [4.78, 5) is 22.8. The van der Waals surface area contributed by atoms with Crippen LogP contribution in [0.4, 0.5) is 5.69 Å². The molecule has 0 fully saturated rings. The fraction of sp³-hybridized carbons (Fsp3) is 0.0833. The average Bonchev–Trinajstić information content (AvgIpc) is 2.98. The first-order valence-electron chi connectivity index (χ1n) is 5.62. The highest BCUT2D eigenvalue weighted by Crippen LogP contribution is 2.15. The highest BCUT2D eigenvalue weighted by molar-refractivity contribution is 6.28. The lowest BCUT2D eigenvalue weighted by molar-refractivity contribution is -0.116. The fourth-order valence-corrected chi connectivity index (χ4v) is 1.97. The Labute approximate surface area is 113 Å². The van der Waals surface area contributed by atoms with Crippen LogP contribution >= 0.6 is 11.6 Å². The van der Waals surface area contributed by atoms with E-state index in [1.54, 1.807) is 29.4 Å². The number of amides is 1. The molecule has 1 amide bonds. The molecule has 96 valence electrons. The van der Waals surface area contributed by atoms with Gasteiger partial charge in [0.15, 0.2) is 0 Å². The van der Waals surface area contributed by atoms with Gasteiger partial charge >= 0.3 is 0 Å². The van der Waals surface area contributed by atoms with Crippen LogP contribution in [0.3, 0.4) is 0 Å². The van der Waals surface area contributed by atoms with E-state index in [-0.39, 0.29) is 12.5 Å². The Balaban J connectivity index is 1.73. The number of halogens is 1. The van der Waals surface area contributed by atoms with Gasteiger partial charge in [0.05, 0.1) is 17.4 Å². The summed E-state index contributed by atoms with van der Waals surface area (Å²) in [7, 11) is 0. The number of carbonyl (C=O) groups is 1. The summed E-state index contributed by atoms with van der Waals surface area (Å²) in [5, 5.41) is 3.09. The molecule has 0 bridgehead atoms. The zero-order chi connectivity index (χ0) is 13.2. The number of H-pyrrole nitrogens is 1. The lowest BCUT2D eigenvalue weighted by Crippen LogP contribution is -2.18. The highest BCUT2D eigenvalue weighted by Gasteiger charge is 2.07. The van der Waals surface area contributed by atoms with Crippen molar-refractivity contribution in [1.29, 1.82) is 0 Å². The van der Waals surface area contributed by atoms with Crippen molar-refractivity contribution in [2.75, 3.05) is 5.32 Å². The van der Waals surface area contributed by atoms with Crippen molar-refractivity contribution < 1.29 is 4.79 Å². The lowest BCUT2D eigenvalue weighted by Gasteiger charge is -2.06. The van der Waals surface area contributed by atoms with Crippen molar-refractivity contribution in [2.24, 2.45) is 0 Å². The van der Waals surface area contributed by atoms with E-state index in [1.807, 2.05) is 12.1 Å². The molecule has 0 aliphatic carbocycles. The van der Waals surface area contributed by atoms with E-state index in [4.69, 9.17) is 11.6 Å². The molecule has 2 aromatic heterocycles. The smallest absolute Gasteiger partial charge is 0.244 e. The van der Waals surface area contributed by atoms with E-state index in [0.717, 1.165) is 11.0 Å². The summed E-state index contributed by atoms with van der Waals surface area (Å²) in [5.41, 5.74) is 2.44. The van der Waals surface area contributed by atoms with Gasteiger partial charge in [0.1, 0.15) is 6.54 Å². The van der Waals surface area contributed by atoms with Crippen LogP contribution in [0.5, 0.6) is 0 Å². The zero-order valence-electron chi connectivity index (χ0n) is 9.80. The summed E-state index contributed by atoms with van der Waals surface area (Å²) in [5.74, 6) is -0.168. The third kappa shape index (κ3) is 2.43. The normalized spacial score (nSPS) is 10.8. The molecule has 0 aliphatic heterocycles. The van der Waals surface area contributed by atoms with Crippen LogP contribution in [0.25, 0.3) is 11.0 Å². The number of fused-ring (bicyclic) bond motifs is 1. The molecule has 2 N–H and O–H groups in total. The first kappa shape index (κ1) is 11.7. The van der Waals surface area contributed by atoms with Crippen molar-refractivity contribution in [1.82, 2.24) is 19.5 Å². The Bertz CT molecular complexity index is 732. The van der Waals surface area contributed by atoms with Gasteiger partial charge in [-0.1, -0.05) is 0 Å². The molecular formula is C12H10ClN5O. The van der Waals surface area contributed by atoms with Crippen molar-refractivity contribution in [2.45, 2.75) is 6.54 Å². The lowest BCUT2D eigenvalue weighted by atomic mass is 10.2. The van der Waals surface area contributed by atoms with Crippen LogP contribution in [-0.2, 0) is 11.3 Å². The Morgan fingerprint density at radius 2 is 2.32 bits per heavy atom. The van der Waals surface area contributed by atoms with Gasteiger partial charge in [0.2, 0.25) is 11.2 Å². The minimum absolute atomic E-state index is 0.125. The predicted octanol–water partition coefficient (Wildman–Crippen LogP) is 2.05. The van der Waals surface area contributed by atoms with Gasteiger partial charge in [-0.15, -0.1) is 0 Å². The third-order valence-corrected chi connectivity index (χ3v) is 3.00. The van der Waals surface area contributed by atoms with Crippen molar-refractivity contribution in [3.8, 4) is 0 Å². The minimum atomic E-state index is -0.168. The van der Waals surface area contributed by atoms with E-state index in [2.05, 4.69) is 20.3 Å². The first-order valence-corrected chi connectivity index (χ1v) is 6.00. The predicted molar refractivity (Wildman–Crippen MR) is 72.0 cm³/mol. The van der Waals surface area contributed by atoms with Crippen LogP contribution in [0.15, 0.2) is 36.9 Å². The van der Waals surface area contributed by atoms with Gasteiger partial charge in [0.25, 0.3) is 0 Å². The SMILES string of the molecule is O=C(Cn1ccnc1Cl)Nc1ccc2nc[nH]c2c1. The van der Waals surface area contributed by atoms with Gasteiger partial charge in [-0.3, -0.25) is 4.79 Å². The molecule has 0 aliphatic rings. The van der Waals surface area contributed by atoms with Gasteiger partial charge in [-0.25, -0.2) is 9.97 Å². The van der Waals surface area contributed by atoms with E-state index in [1.165, 1.54) is 0 Å². The van der Waals surface area contributed by atoms with Gasteiger partial charge in [-0.05, 0) is 29.8 Å². The Kier molecular flexibility index (Phi) is 2.92. The Morgan fingerprint density at radius 1 is 1.42 bits per heavy atom. The number of imidazole rings is 2. The number of aromatic nitrogens is 4. The highest BCUT2D eigenvalue weighted by atomic mass is 35.5. The summed E-state index contributed by atoms with van der Waals surface area (Å²) in [6.45, 7) is 0.125. The molecule has 0 radical (unpaired) electrons. The molecule has 19 heavy (non-hydrogen) atoms. The van der Waals surface area contributed by atoms with E-state index < -0.39 is 0 Å². The first-order chi connectivity index (χ1) is 9.22. The van der Waals surface area contributed by atoms with Crippen LogP contribution in [-0.4, -0.2) is 25.4 Å². The number of hydrogen-bond acceptors (Lipinski definition) is 3. The second kappa shape index (κ2) is 4.74. The summed E-state index contributed by atoms with van der Waals surface area (Å²) in [6.07, 6.45) is 4.81. The van der Waals surface area contributed by atoms with Crippen molar-refractivity contribution >= 4 is 34.2 Å². The second-order valence-electron chi connectivity index (χ2n) is 4.01. The van der Waals surface area contributed by atoms with Gasteiger partial charge in [-0.2, -0.15) is 0 Å². The number of nitrogens with one attached hydrogen (secondary N) is 2. The van der Waals surface area contributed by atoms with Crippen LogP contribution < -0.4 is 5.32 Å². The van der Waals surface area contributed by atoms with Crippen molar-refractivity contribution in [3.05, 3.63) is 42.2 Å². The molecule has 0 saturated carbocycles. The quantitative estimate of drug-likeness (QED) is 0.768. The number of aromatic amines is 1. The molecular weight excluding hydrogens is 266 g/mol. The molecule has 3 rings (SSSR count). The Morgan fingerprint density at radius 3 is 3.11 bits per heavy atom. The molecule has 2 heterocycles. The topological polar surface area (TPSA) is 75.6 Å². The number of anilines is 1. The van der Waals surface area contributed by atoms with Crippen molar-refractivity contribution in [3.63, 3.8) is 0 Å².